The van der Waals surface area contributed by atoms with E-state index in [2.05, 4.69) is 53.5 Å². The van der Waals surface area contributed by atoms with Crippen LogP contribution in [0.1, 0.15) is 116 Å². The molecule has 1 saturated heterocycles. The Hall–Kier alpha value is -6.04. The minimum atomic E-state index is -2.66. The lowest BCUT2D eigenvalue weighted by Gasteiger charge is -2.35. The van der Waals surface area contributed by atoms with Crippen LogP contribution in [0.2, 0.25) is 5.02 Å². The zero-order chi connectivity index (χ0) is 47.8. The standard InChI is InChI=1S/C50H53ClFN9O6S/c1-27-20-34(21-28(2)43(27)52)61-44(59-18-17-58(48(59)64)40-13-11-36(24-37(40)51)68(65,53-7)35-9-10-35)42-30(4)57(16-14-38(42)55-61)45(62)41-23-33-22-31(32-15-19-66-49(5,6)26-32)8-12-39(33)60(41)50(25-29(50)3)46-54-47(63)67-56-46/h8,11-13,17-18,20-24,29-30,32,35H,9-10,14-16,19,25-26H2,1-7H3,(H,54,56,63)/t29-,30-,32-,50-,68+/m0/s1. The summed E-state index contributed by atoms with van der Waals surface area (Å²) < 4.78 is 51.0. The molecule has 2 aliphatic carbocycles. The highest BCUT2D eigenvalue weighted by atomic mass is 35.5. The first kappa shape index (κ1) is 44.5. The fourth-order valence-electron chi connectivity index (χ4n) is 11.1. The van der Waals surface area contributed by atoms with Crippen molar-refractivity contribution in [3.05, 3.63) is 138 Å². The number of aromatic nitrogens is 7. The first-order valence-corrected chi connectivity index (χ1v) is 25.2. The second-order valence-electron chi connectivity index (χ2n) is 19.8. The normalized spacial score (nSPS) is 23.1. The lowest BCUT2D eigenvalue weighted by Crippen LogP contribution is -2.41. The van der Waals surface area contributed by atoms with Gasteiger partial charge < -0.3 is 14.2 Å². The summed E-state index contributed by atoms with van der Waals surface area (Å²) in [6.45, 7) is 12.6. The van der Waals surface area contributed by atoms with E-state index < -0.39 is 32.8 Å². The Morgan fingerprint density at radius 3 is 2.37 bits per heavy atom. The first-order valence-electron chi connectivity index (χ1n) is 23.2. The number of H-pyrrole nitrogens is 1. The molecule has 3 fully saturated rings. The van der Waals surface area contributed by atoms with Gasteiger partial charge in [-0.25, -0.2) is 27.2 Å². The monoisotopic (exact) mass is 961 g/mol. The highest BCUT2D eigenvalue weighted by Gasteiger charge is 2.59. The molecule has 68 heavy (non-hydrogen) atoms. The van der Waals surface area contributed by atoms with Gasteiger partial charge in [-0.2, -0.15) is 5.10 Å². The van der Waals surface area contributed by atoms with E-state index in [0.29, 0.717) is 82.0 Å². The number of imidazole rings is 1. The predicted molar refractivity (Wildman–Crippen MR) is 256 cm³/mol. The van der Waals surface area contributed by atoms with Crippen molar-refractivity contribution in [1.82, 2.24) is 38.5 Å². The number of ether oxygens (including phenoxy) is 1. The zero-order valence-electron chi connectivity index (χ0n) is 39.0. The van der Waals surface area contributed by atoms with E-state index in [-0.39, 0.29) is 39.4 Å². The third-order valence-corrected chi connectivity index (χ3v) is 18.0. The van der Waals surface area contributed by atoms with Gasteiger partial charge in [0.15, 0.2) is 5.82 Å². The summed E-state index contributed by atoms with van der Waals surface area (Å²) in [5.74, 6) is -0.231. The van der Waals surface area contributed by atoms with Gasteiger partial charge in [-0.3, -0.25) is 23.4 Å². The number of nitrogens with one attached hydrogen (secondary N) is 1. The van der Waals surface area contributed by atoms with Crippen LogP contribution in [-0.2, 0) is 26.4 Å². The van der Waals surface area contributed by atoms with E-state index in [1.54, 1.807) is 68.3 Å². The molecule has 6 heterocycles. The lowest BCUT2D eigenvalue weighted by atomic mass is 9.83. The molecule has 18 heteroatoms. The number of halogens is 2. The Kier molecular flexibility index (Phi) is 10.3. The lowest BCUT2D eigenvalue weighted by molar-refractivity contribution is -0.0592. The Labute approximate surface area is 397 Å². The molecule has 0 spiro atoms. The molecule has 1 amide bonds. The van der Waals surface area contributed by atoms with Crippen LogP contribution in [0, 0.1) is 25.6 Å². The van der Waals surface area contributed by atoms with E-state index in [0.717, 1.165) is 36.6 Å². The topological polar surface area (TPSA) is 168 Å². The van der Waals surface area contributed by atoms with Gasteiger partial charge in [0.05, 0.1) is 43.5 Å². The highest BCUT2D eigenvalue weighted by molar-refractivity contribution is 7.94. The number of benzene rings is 3. The quantitative estimate of drug-likeness (QED) is 0.150. The summed E-state index contributed by atoms with van der Waals surface area (Å²) in [6.07, 6.45) is 7.62. The molecule has 4 aromatic heterocycles. The second kappa shape index (κ2) is 15.8. The van der Waals surface area contributed by atoms with Crippen LogP contribution in [0.5, 0.6) is 0 Å². The maximum Gasteiger partial charge on any atom is 0.438 e. The van der Waals surface area contributed by atoms with E-state index in [1.807, 2.05) is 22.5 Å². The number of hydrogen-bond donors (Lipinski definition) is 1. The number of aromatic amines is 1. The van der Waals surface area contributed by atoms with Crippen molar-refractivity contribution in [1.29, 1.82) is 0 Å². The molecule has 354 valence electrons. The number of rotatable bonds is 9. The van der Waals surface area contributed by atoms with Crippen LogP contribution >= 0.6 is 11.6 Å². The Morgan fingerprint density at radius 1 is 0.985 bits per heavy atom. The van der Waals surface area contributed by atoms with Crippen LogP contribution in [0.4, 0.5) is 4.39 Å². The molecule has 0 unspecified atom stereocenters. The van der Waals surface area contributed by atoms with E-state index in [4.69, 9.17) is 26.0 Å². The van der Waals surface area contributed by atoms with Gasteiger partial charge in [-0.15, -0.1) is 0 Å². The molecule has 4 aliphatic rings. The number of carbonyl (C=O) groups is 1. The number of fused-ring (bicyclic) bond motifs is 2. The third-order valence-electron chi connectivity index (χ3n) is 14.9. The van der Waals surface area contributed by atoms with Crippen molar-refractivity contribution in [2.45, 2.75) is 113 Å². The molecule has 15 nitrogen and oxygen atoms in total. The summed E-state index contributed by atoms with van der Waals surface area (Å²) in [7, 11) is -1.10. The van der Waals surface area contributed by atoms with Crippen molar-refractivity contribution in [3.63, 3.8) is 0 Å². The van der Waals surface area contributed by atoms with Crippen LogP contribution in [0.15, 0.2) is 90.4 Å². The first-order chi connectivity index (χ1) is 32.4. The van der Waals surface area contributed by atoms with Crippen LogP contribution < -0.4 is 11.4 Å². The van der Waals surface area contributed by atoms with Crippen molar-refractivity contribution in [2.24, 2.45) is 10.3 Å². The highest BCUT2D eigenvalue weighted by Crippen LogP contribution is 2.56. The summed E-state index contributed by atoms with van der Waals surface area (Å²) in [6, 6.07) is 16.2. The smallest absolute Gasteiger partial charge is 0.376 e. The number of nitrogens with zero attached hydrogens (tertiary/aromatic N) is 8. The SMILES string of the molecule is CN=[S@](=O)(c1ccc(-n2ccn(-c3c4c(nn3-c3cc(C)c(F)c(C)c3)CCN(C(=O)c3cc5cc([C@H]6CCOC(C)(C)C6)ccc5n3[C@@]3(c5noc(=O)[nH]5)C[C@@H]3C)[C@H]4C)c2=O)c(Cl)c1)C1CC1. The maximum absolute atomic E-state index is 15.6. The fraction of sp³-hybridized carbons (Fsp3) is 0.420. The van der Waals surface area contributed by atoms with Crippen LogP contribution in [0.3, 0.4) is 0 Å². The van der Waals surface area contributed by atoms with E-state index >= 15 is 9.18 Å². The Bertz CT molecular complexity index is 3470. The average Bonchev–Trinajstić information content (AvgIpc) is 4.04. The minimum Gasteiger partial charge on any atom is -0.376 e. The van der Waals surface area contributed by atoms with Crippen molar-refractivity contribution in [3.8, 4) is 17.2 Å². The van der Waals surface area contributed by atoms with Gasteiger partial charge in [0.2, 0.25) is 0 Å². The number of carbonyl (C=O) groups excluding carboxylic acids is 1. The summed E-state index contributed by atoms with van der Waals surface area (Å²) in [5.41, 5.74) is 3.95. The molecule has 7 aromatic rings. The van der Waals surface area contributed by atoms with Crippen molar-refractivity contribution < 1.29 is 22.7 Å². The molecule has 2 saturated carbocycles. The molecule has 0 radical (unpaired) electrons. The zero-order valence-corrected chi connectivity index (χ0v) is 40.6. The second-order valence-corrected chi connectivity index (χ2v) is 22.8. The molecule has 0 bridgehead atoms. The van der Waals surface area contributed by atoms with Gasteiger partial charge in [0.1, 0.15) is 22.9 Å². The fourth-order valence-corrected chi connectivity index (χ4v) is 13.7. The van der Waals surface area contributed by atoms with Crippen LogP contribution in [0.25, 0.3) is 28.1 Å². The molecule has 1 N–H and O–H groups in total. The van der Waals surface area contributed by atoms with Gasteiger partial charge in [-0.05, 0) is 144 Å². The third kappa shape index (κ3) is 6.89. The maximum atomic E-state index is 15.6. The van der Waals surface area contributed by atoms with Gasteiger partial charge in [0, 0.05) is 65.6 Å². The van der Waals surface area contributed by atoms with Gasteiger partial charge in [-0.1, -0.05) is 29.7 Å². The Morgan fingerprint density at radius 2 is 1.72 bits per heavy atom. The average molecular weight is 963 g/mol. The Balaban J connectivity index is 1.04. The number of amides is 1. The molecular formula is C50H53ClFN9O6S. The van der Waals surface area contributed by atoms with Crippen molar-refractivity contribution >= 4 is 38.1 Å². The number of hydrogen-bond acceptors (Lipinski definition) is 9. The molecule has 3 aromatic carbocycles. The summed E-state index contributed by atoms with van der Waals surface area (Å²) >= 11 is 6.91. The summed E-state index contributed by atoms with van der Waals surface area (Å²) in [4.78, 5) is 48.1. The van der Waals surface area contributed by atoms with E-state index in [9.17, 15) is 13.8 Å². The van der Waals surface area contributed by atoms with Crippen LogP contribution in [-0.4, -0.2) is 79.7 Å². The van der Waals surface area contributed by atoms with E-state index in [1.165, 1.54) is 14.7 Å². The molecule has 2 aliphatic heterocycles. The van der Waals surface area contributed by atoms with Crippen molar-refractivity contribution in [2.75, 3.05) is 20.2 Å². The minimum absolute atomic E-state index is 0.00349. The van der Waals surface area contributed by atoms with Gasteiger partial charge >= 0.3 is 11.4 Å². The molecule has 5 atom stereocenters. The predicted octanol–water partition coefficient (Wildman–Crippen LogP) is 8.69. The largest absolute Gasteiger partial charge is 0.438 e. The summed E-state index contributed by atoms with van der Waals surface area (Å²) in [5, 5.41) is 10.4. The number of aryl methyl sites for hydroxylation is 2. The molecular weight excluding hydrogens is 909 g/mol. The molecule has 11 rings (SSSR count). The van der Waals surface area contributed by atoms with Gasteiger partial charge in [0.25, 0.3) is 5.91 Å².